The molecule has 92 valence electrons. The Bertz CT molecular complexity index is 443. The molecule has 0 saturated carbocycles. The maximum absolute atomic E-state index is 11.1. The predicted octanol–water partition coefficient (Wildman–Crippen LogP) is 2.95. The molecule has 0 spiro atoms. The third kappa shape index (κ3) is 3.78. The smallest absolute Gasteiger partial charge is 0.332 e. The molecule has 0 aliphatic rings. The van der Waals surface area contributed by atoms with Gasteiger partial charge in [-0.15, -0.1) is 0 Å². The molecule has 0 fully saturated rings. The van der Waals surface area contributed by atoms with Crippen LogP contribution >= 0.6 is 15.9 Å². The molecule has 0 unspecified atom stereocenters. The molecule has 0 aliphatic carbocycles. The molecule has 0 heterocycles. The molecule has 0 bridgehead atoms. The van der Waals surface area contributed by atoms with Crippen LogP contribution in [0.15, 0.2) is 34.4 Å². The first-order valence-corrected chi connectivity index (χ1v) is 5.73. The quantitative estimate of drug-likeness (QED) is 0.686. The number of esters is 1. The summed E-state index contributed by atoms with van der Waals surface area (Å²) in [6.45, 7) is 1.77. The summed E-state index contributed by atoms with van der Waals surface area (Å²) in [5.41, 5.74) is 1.44. The van der Waals surface area contributed by atoms with Crippen molar-refractivity contribution >= 4 is 27.6 Å². The summed E-state index contributed by atoms with van der Waals surface area (Å²) >= 11 is 3.41. The fourth-order valence-electron chi connectivity index (χ4n) is 1.26. The number of anilines is 1. The molecule has 0 saturated heterocycles. The lowest BCUT2D eigenvalue weighted by Gasteiger charge is -2.12. The molecule has 1 N–H and O–H groups in total. The van der Waals surface area contributed by atoms with Gasteiger partial charge >= 0.3 is 5.97 Å². The van der Waals surface area contributed by atoms with Crippen LogP contribution in [-0.2, 0) is 9.53 Å². The molecular weight excluding hydrogens is 286 g/mol. The van der Waals surface area contributed by atoms with Gasteiger partial charge in [0.2, 0.25) is 0 Å². The van der Waals surface area contributed by atoms with Crippen LogP contribution in [-0.4, -0.2) is 20.2 Å². The number of nitrogens with one attached hydrogen (secondary N) is 1. The Hall–Kier alpha value is -1.49. The fourth-order valence-corrected chi connectivity index (χ4v) is 1.71. The van der Waals surface area contributed by atoms with Gasteiger partial charge in [0.25, 0.3) is 0 Å². The van der Waals surface area contributed by atoms with E-state index >= 15 is 0 Å². The van der Waals surface area contributed by atoms with Crippen LogP contribution in [0.3, 0.4) is 0 Å². The average molecular weight is 300 g/mol. The number of halogens is 1. The summed E-state index contributed by atoms with van der Waals surface area (Å²) in [4.78, 5) is 11.1. The van der Waals surface area contributed by atoms with E-state index in [0.29, 0.717) is 11.4 Å². The van der Waals surface area contributed by atoms with Crippen LogP contribution in [0.25, 0.3) is 0 Å². The number of carbonyl (C=O) groups excluding carboxylic acids is 1. The zero-order valence-electron chi connectivity index (χ0n) is 9.91. The molecule has 1 aromatic rings. The highest BCUT2D eigenvalue weighted by atomic mass is 79.9. The van der Waals surface area contributed by atoms with Crippen molar-refractivity contribution in [3.8, 4) is 5.75 Å². The van der Waals surface area contributed by atoms with E-state index in [1.165, 1.54) is 13.2 Å². The highest BCUT2D eigenvalue weighted by molar-refractivity contribution is 9.10. The minimum absolute atomic E-state index is 0.402. The van der Waals surface area contributed by atoms with Gasteiger partial charge in [-0.2, -0.15) is 0 Å². The summed E-state index contributed by atoms with van der Waals surface area (Å²) in [6.07, 6.45) is 1.37. The van der Waals surface area contributed by atoms with E-state index in [2.05, 4.69) is 26.0 Å². The number of ether oxygens (including phenoxy) is 2. The van der Waals surface area contributed by atoms with Gasteiger partial charge in [-0.05, 0) is 35.0 Å². The van der Waals surface area contributed by atoms with Gasteiger partial charge in [-0.25, -0.2) is 4.79 Å². The van der Waals surface area contributed by atoms with Crippen molar-refractivity contribution in [1.82, 2.24) is 0 Å². The van der Waals surface area contributed by atoms with Gasteiger partial charge in [-0.3, -0.25) is 0 Å². The number of carbonyl (C=O) groups is 1. The van der Waals surface area contributed by atoms with Gasteiger partial charge in [0, 0.05) is 16.2 Å². The predicted molar refractivity (Wildman–Crippen MR) is 70.1 cm³/mol. The molecule has 0 amide bonds. The zero-order chi connectivity index (χ0) is 12.8. The third-order valence-corrected chi connectivity index (χ3v) is 2.71. The van der Waals surface area contributed by atoms with E-state index in [9.17, 15) is 4.79 Å². The molecule has 1 aromatic carbocycles. The number of para-hydroxylation sites is 1. The second-order valence-electron chi connectivity index (χ2n) is 3.29. The van der Waals surface area contributed by atoms with Crippen molar-refractivity contribution in [2.24, 2.45) is 0 Å². The van der Waals surface area contributed by atoms with Gasteiger partial charge in [0.15, 0.2) is 0 Å². The first kappa shape index (κ1) is 13.6. The monoisotopic (exact) mass is 299 g/mol. The topological polar surface area (TPSA) is 47.6 Å². The molecule has 5 heteroatoms. The number of allylic oxidation sites excluding steroid dienone is 1. The Kier molecular flexibility index (Phi) is 5.03. The molecule has 0 radical (unpaired) electrons. The largest absolute Gasteiger partial charge is 0.495 e. The molecule has 1 rings (SSSR count). The van der Waals surface area contributed by atoms with Crippen molar-refractivity contribution in [3.63, 3.8) is 0 Å². The van der Waals surface area contributed by atoms with Gasteiger partial charge in [-0.1, -0.05) is 6.07 Å². The molecular formula is C12H14BrNO3. The Morgan fingerprint density at radius 3 is 2.71 bits per heavy atom. The van der Waals surface area contributed by atoms with Crippen LogP contribution in [0.2, 0.25) is 0 Å². The minimum atomic E-state index is -0.402. The van der Waals surface area contributed by atoms with Crippen molar-refractivity contribution in [3.05, 3.63) is 34.4 Å². The Labute approximate surface area is 109 Å². The van der Waals surface area contributed by atoms with Crippen molar-refractivity contribution in [2.45, 2.75) is 6.92 Å². The Morgan fingerprint density at radius 2 is 2.12 bits per heavy atom. The minimum Gasteiger partial charge on any atom is -0.495 e. The summed E-state index contributed by atoms with van der Waals surface area (Å²) < 4.78 is 10.6. The normalized spacial score (nSPS) is 10.9. The van der Waals surface area contributed by atoms with E-state index in [4.69, 9.17) is 4.74 Å². The van der Waals surface area contributed by atoms with Crippen LogP contribution in [0.1, 0.15) is 6.92 Å². The van der Waals surface area contributed by atoms with E-state index in [-0.39, 0.29) is 0 Å². The van der Waals surface area contributed by atoms with E-state index < -0.39 is 5.97 Å². The highest BCUT2D eigenvalue weighted by Crippen LogP contribution is 2.33. The van der Waals surface area contributed by atoms with Crippen LogP contribution < -0.4 is 10.1 Å². The first-order chi connectivity index (χ1) is 8.08. The lowest BCUT2D eigenvalue weighted by molar-refractivity contribution is -0.134. The van der Waals surface area contributed by atoms with Gasteiger partial charge in [0.1, 0.15) is 5.75 Å². The standard InChI is InChI=1S/C12H14BrNO3/c1-8(7-11(15)17-3)14-12-9(13)5-4-6-10(12)16-2/h4-7,14H,1-3H3/b8-7-. The van der Waals surface area contributed by atoms with E-state index in [1.807, 2.05) is 18.2 Å². The lowest BCUT2D eigenvalue weighted by Crippen LogP contribution is -2.03. The van der Waals surface area contributed by atoms with Crippen LogP contribution in [0.5, 0.6) is 5.75 Å². The third-order valence-electron chi connectivity index (χ3n) is 2.05. The average Bonchev–Trinajstić information content (AvgIpc) is 2.31. The van der Waals surface area contributed by atoms with E-state index in [0.717, 1.165) is 10.2 Å². The highest BCUT2D eigenvalue weighted by Gasteiger charge is 2.07. The molecule has 0 aliphatic heterocycles. The maximum atomic E-state index is 11.1. The molecule has 0 atom stereocenters. The number of hydrogen-bond donors (Lipinski definition) is 1. The summed E-state index contributed by atoms with van der Waals surface area (Å²) in [6, 6.07) is 5.59. The maximum Gasteiger partial charge on any atom is 0.332 e. The second-order valence-corrected chi connectivity index (χ2v) is 4.15. The second kappa shape index (κ2) is 6.30. The molecule has 4 nitrogen and oxygen atoms in total. The SMILES string of the molecule is COC(=O)/C=C(/C)Nc1c(Br)cccc1OC. The fraction of sp³-hybridized carbons (Fsp3) is 0.250. The summed E-state index contributed by atoms with van der Waals surface area (Å²) in [5, 5.41) is 3.08. The van der Waals surface area contributed by atoms with Crippen LogP contribution in [0.4, 0.5) is 5.69 Å². The number of methoxy groups -OCH3 is 2. The lowest BCUT2D eigenvalue weighted by atomic mass is 10.2. The summed E-state index contributed by atoms with van der Waals surface area (Å²) in [7, 11) is 2.93. The Balaban J connectivity index is 2.95. The molecule has 0 aromatic heterocycles. The summed E-state index contributed by atoms with van der Waals surface area (Å²) in [5.74, 6) is 0.290. The van der Waals surface area contributed by atoms with Crippen molar-refractivity contribution in [2.75, 3.05) is 19.5 Å². The van der Waals surface area contributed by atoms with Gasteiger partial charge < -0.3 is 14.8 Å². The Morgan fingerprint density at radius 1 is 1.41 bits per heavy atom. The number of benzene rings is 1. The first-order valence-electron chi connectivity index (χ1n) is 4.94. The van der Waals surface area contributed by atoms with Gasteiger partial charge in [0.05, 0.1) is 19.9 Å². The van der Waals surface area contributed by atoms with E-state index in [1.54, 1.807) is 14.0 Å². The zero-order valence-corrected chi connectivity index (χ0v) is 11.5. The molecule has 17 heavy (non-hydrogen) atoms. The number of rotatable bonds is 4. The van der Waals surface area contributed by atoms with Crippen molar-refractivity contribution < 1.29 is 14.3 Å². The number of hydrogen-bond acceptors (Lipinski definition) is 4. The van der Waals surface area contributed by atoms with Crippen LogP contribution in [0, 0.1) is 0 Å². The van der Waals surface area contributed by atoms with Crippen molar-refractivity contribution in [1.29, 1.82) is 0 Å².